The predicted molar refractivity (Wildman–Crippen MR) is 52.3 cm³/mol. The molecular formula is C11H10F4O2. The lowest BCUT2D eigenvalue weighted by atomic mass is 10.1. The van der Waals surface area contributed by atoms with Crippen molar-refractivity contribution in [1.29, 1.82) is 0 Å². The standard InChI is InChI=1S/C11H10F4O2/c1-2-4-8(16)7-5-3-6-9(10(7)12)17-11(13,14)15/h3,5-6H,2,4H2,1H3. The van der Waals surface area contributed by atoms with Gasteiger partial charge in [0.2, 0.25) is 0 Å². The summed E-state index contributed by atoms with van der Waals surface area (Å²) in [6.45, 7) is 1.71. The van der Waals surface area contributed by atoms with E-state index in [1.54, 1.807) is 6.92 Å². The quantitative estimate of drug-likeness (QED) is 0.601. The van der Waals surface area contributed by atoms with Crippen molar-refractivity contribution in [2.75, 3.05) is 0 Å². The zero-order valence-corrected chi connectivity index (χ0v) is 8.97. The minimum Gasteiger partial charge on any atom is -0.403 e. The number of benzene rings is 1. The second-order valence-corrected chi connectivity index (χ2v) is 3.34. The molecule has 0 aliphatic rings. The summed E-state index contributed by atoms with van der Waals surface area (Å²) in [5.41, 5.74) is -0.381. The summed E-state index contributed by atoms with van der Waals surface area (Å²) in [5.74, 6) is -2.81. The number of ketones is 1. The zero-order valence-electron chi connectivity index (χ0n) is 8.97. The minimum absolute atomic E-state index is 0.0758. The largest absolute Gasteiger partial charge is 0.573 e. The smallest absolute Gasteiger partial charge is 0.403 e. The van der Waals surface area contributed by atoms with Crippen LogP contribution in [0.4, 0.5) is 17.6 Å². The number of carbonyl (C=O) groups is 1. The van der Waals surface area contributed by atoms with E-state index in [-0.39, 0.29) is 12.0 Å². The first-order valence-corrected chi connectivity index (χ1v) is 4.92. The molecule has 0 unspecified atom stereocenters. The molecule has 0 bridgehead atoms. The van der Waals surface area contributed by atoms with Crippen LogP contribution in [-0.4, -0.2) is 12.1 Å². The lowest BCUT2D eigenvalue weighted by Gasteiger charge is -2.11. The maximum absolute atomic E-state index is 13.5. The third-order valence-corrected chi connectivity index (χ3v) is 1.97. The van der Waals surface area contributed by atoms with Gasteiger partial charge in [0, 0.05) is 6.42 Å². The molecule has 0 radical (unpaired) electrons. The van der Waals surface area contributed by atoms with E-state index in [0.717, 1.165) is 18.2 Å². The molecule has 0 atom stereocenters. The summed E-state index contributed by atoms with van der Waals surface area (Å²) in [7, 11) is 0. The summed E-state index contributed by atoms with van der Waals surface area (Å²) in [4.78, 5) is 11.4. The SMILES string of the molecule is CCCC(=O)c1cccc(OC(F)(F)F)c1F. The number of hydrogen-bond acceptors (Lipinski definition) is 2. The van der Waals surface area contributed by atoms with Crippen molar-refractivity contribution in [2.24, 2.45) is 0 Å². The molecule has 6 heteroatoms. The molecule has 1 aromatic rings. The highest BCUT2D eigenvalue weighted by atomic mass is 19.4. The number of Topliss-reactive ketones (excluding diaryl/α,β-unsaturated/α-hetero) is 1. The molecule has 2 nitrogen and oxygen atoms in total. The van der Waals surface area contributed by atoms with Crippen LogP contribution in [-0.2, 0) is 0 Å². The Morgan fingerprint density at radius 1 is 1.35 bits per heavy atom. The Hall–Kier alpha value is -1.59. The fourth-order valence-corrected chi connectivity index (χ4v) is 1.29. The molecule has 0 heterocycles. The fourth-order valence-electron chi connectivity index (χ4n) is 1.29. The molecule has 94 valence electrons. The topological polar surface area (TPSA) is 26.3 Å². The molecule has 0 spiro atoms. The van der Waals surface area contributed by atoms with Crippen molar-refractivity contribution in [2.45, 2.75) is 26.1 Å². The Morgan fingerprint density at radius 2 is 2.00 bits per heavy atom. The number of rotatable bonds is 4. The van der Waals surface area contributed by atoms with Crippen LogP contribution in [0.15, 0.2) is 18.2 Å². The fraction of sp³-hybridized carbons (Fsp3) is 0.364. The average molecular weight is 250 g/mol. The molecule has 0 saturated carbocycles. The Morgan fingerprint density at radius 3 is 2.53 bits per heavy atom. The van der Waals surface area contributed by atoms with Crippen LogP contribution in [0.3, 0.4) is 0 Å². The summed E-state index contributed by atoms with van der Waals surface area (Å²) in [5, 5.41) is 0. The zero-order chi connectivity index (χ0) is 13.1. The van der Waals surface area contributed by atoms with Gasteiger partial charge in [0.25, 0.3) is 0 Å². The maximum atomic E-state index is 13.5. The van der Waals surface area contributed by atoms with E-state index in [1.807, 2.05) is 0 Å². The van der Waals surface area contributed by atoms with Crippen molar-refractivity contribution < 1.29 is 27.1 Å². The van der Waals surface area contributed by atoms with Gasteiger partial charge in [-0.1, -0.05) is 13.0 Å². The van der Waals surface area contributed by atoms with Crippen LogP contribution in [0.2, 0.25) is 0 Å². The summed E-state index contributed by atoms with van der Waals surface area (Å²) in [6.07, 6.45) is -4.41. The number of halogens is 4. The first-order valence-electron chi connectivity index (χ1n) is 4.92. The number of ether oxygens (including phenoxy) is 1. The third kappa shape index (κ3) is 3.72. The van der Waals surface area contributed by atoms with Crippen molar-refractivity contribution in [3.8, 4) is 5.75 Å². The second-order valence-electron chi connectivity index (χ2n) is 3.34. The monoisotopic (exact) mass is 250 g/mol. The summed E-state index contributed by atoms with van der Waals surface area (Å²) in [6, 6.07) is 3.11. The molecule has 1 aromatic carbocycles. The Kier molecular flexibility index (Phi) is 4.09. The molecule has 0 amide bonds. The van der Waals surface area contributed by atoms with Crippen LogP contribution >= 0.6 is 0 Å². The Balaban J connectivity index is 3.03. The number of hydrogen-bond donors (Lipinski definition) is 0. The van der Waals surface area contributed by atoms with Crippen LogP contribution in [0.1, 0.15) is 30.1 Å². The third-order valence-electron chi connectivity index (χ3n) is 1.97. The van der Waals surface area contributed by atoms with Crippen LogP contribution < -0.4 is 4.74 Å². The molecule has 0 aliphatic heterocycles. The van der Waals surface area contributed by atoms with Gasteiger partial charge in [-0.3, -0.25) is 4.79 Å². The lowest BCUT2D eigenvalue weighted by molar-refractivity contribution is -0.275. The van der Waals surface area contributed by atoms with Crippen LogP contribution in [0.25, 0.3) is 0 Å². The van der Waals surface area contributed by atoms with Gasteiger partial charge in [0.1, 0.15) is 0 Å². The molecule has 0 aliphatic carbocycles. The van der Waals surface area contributed by atoms with Gasteiger partial charge in [-0.05, 0) is 18.6 Å². The molecule has 17 heavy (non-hydrogen) atoms. The van der Waals surface area contributed by atoms with Gasteiger partial charge in [0.05, 0.1) is 5.56 Å². The molecule has 0 fully saturated rings. The van der Waals surface area contributed by atoms with Crippen molar-refractivity contribution in [1.82, 2.24) is 0 Å². The Labute approximate surface area is 95.2 Å². The Bertz CT molecular complexity index is 412. The molecule has 0 N–H and O–H groups in total. The second kappa shape index (κ2) is 5.16. The highest BCUT2D eigenvalue weighted by Crippen LogP contribution is 2.27. The van der Waals surface area contributed by atoms with E-state index >= 15 is 0 Å². The highest BCUT2D eigenvalue weighted by Gasteiger charge is 2.33. The summed E-state index contributed by atoms with van der Waals surface area (Å²) >= 11 is 0. The van der Waals surface area contributed by atoms with Crippen molar-refractivity contribution >= 4 is 5.78 Å². The normalized spacial score (nSPS) is 11.4. The molecule has 0 saturated heterocycles. The van der Waals surface area contributed by atoms with Gasteiger partial charge in [-0.2, -0.15) is 0 Å². The minimum atomic E-state index is -4.98. The van der Waals surface area contributed by atoms with E-state index in [2.05, 4.69) is 4.74 Å². The van der Waals surface area contributed by atoms with E-state index in [1.165, 1.54) is 0 Å². The maximum Gasteiger partial charge on any atom is 0.573 e. The molecule has 0 aromatic heterocycles. The number of carbonyl (C=O) groups excluding carboxylic acids is 1. The lowest BCUT2D eigenvalue weighted by Crippen LogP contribution is -2.18. The van der Waals surface area contributed by atoms with E-state index in [4.69, 9.17) is 0 Å². The first kappa shape index (κ1) is 13.5. The first-order chi connectivity index (χ1) is 7.85. The van der Waals surface area contributed by atoms with E-state index in [9.17, 15) is 22.4 Å². The van der Waals surface area contributed by atoms with Crippen molar-refractivity contribution in [3.63, 3.8) is 0 Å². The van der Waals surface area contributed by atoms with Gasteiger partial charge in [-0.25, -0.2) is 4.39 Å². The molecule has 1 rings (SSSR count). The highest BCUT2D eigenvalue weighted by molar-refractivity contribution is 5.96. The summed E-state index contributed by atoms with van der Waals surface area (Å²) < 4.78 is 52.8. The van der Waals surface area contributed by atoms with Gasteiger partial charge >= 0.3 is 6.36 Å². The number of alkyl halides is 3. The van der Waals surface area contributed by atoms with Gasteiger partial charge in [-0.15, -0.1) is 13.2 Å². The predicted octanol–water partition coefficient (Wildman–Crippen LogP) is 3.71. The van der Waals surface area contributed by atoms with Crippen LogP contribution in [0.5, 0.6) is 5.75 Å². The van der Waals surface area contributed by atoms with Gasteiger partial charge in [0.15, 0.2) is 17.3 Å². The average Bonchev–Trinajstić information content (AvgIpc) is 2.19. The molecular weight excluding hydrogens is 240 g/mol. The van der Waals surface area contributed by atoms with Gasteiger partial charge < -0.3 is 4.74 Å². The van der Waals surface area contributed by atoms with E-state index < -0.39 is 23.7 Å². The van der Waals surface area contributed by atoms with Crippen molar-refractivity contribution in [3.05, 3.63) is 29.6 Å². The van der Waals surface area contributed by atoms with Crippen LogP contribution in [0, 0.1) is 5.82 Å². The van der Waals surface area contributed by atoms with E-state index in [0.29, 0.717) is 6.42 Å².